The summed E-state index contributed by atoms with van der Waals surface area (Å²) in [6.07, 6.45) is 3.18. The van der Waals surface area contributed by atoms with Crippen molar-refractivity contribution < 1.29 is 5.11 Å². The highest BCUT2D eigenvalue weighted by molar-refractivity contribution is 6.31. The number of hydrogen-bond acceptors (Lipinski definition) is 1. The van der Waals surface area contributed by atoms with Gasteiger partial charge in [0.25, 0.3) is 0 Å². The van der Waals surface area contributed by atoms with Gasteiger partial charge in [0.05, 0.1) is 5.60 Å². The number of hydrogen-bond donors (Lipinski definition) is 1. The number of aliphatic hydroxyl groups is 1. The monoisotopic (exact) mass is 224 g/mol. The fraction of sp³-hybridized carbons (Fsp3) is 0.538. The van der Waals surface area contributed by atoms with Crippen LogP contribution >= 0.6 is 11.6 Å². The highest BCUT2D eigenvalue weighted by atomic mass is 35.5. The normalized spacial score (nSPS) is 20.0. The van der Waals surface area contributed by atoms with Crippen LogP contribution in [0.5, 0.6) is 0 Å². The van der Waals surface area contributed by atoms with Gasteiger partial charge in [0, 0.05) is 5.02 Å². The van der Waals surface area contributed by atoms with Crippen molar-refractivity contribution in [2.45, 2.75) is 38.7 Å². The molecular weight excluding hydrogens is 208 g/mol. The molecule has 1 aliphatic carbocycles. The summed E-state index contributed by atoms with van der Waals surface area (Å²) < 4.78 is 0. The topological polar surface area (TPSA) is 20.2 Å². The molecule has 0 spiro atoms. The standard InChI is InChI=1S/C13H17ClO/c1-3-9-8-11(6-7-12(9)14)13(2,15)10-4-5-10/h6-8,10,15H,3-5H2,1-2H3. The molecule has 1 aliphatic rings. The van der Waals surface area contributed by atoms with E-state index in [1.165, 1.54) is 0 Å². The molecule has 1 unspecified atom stereocenters. The fourth-order valence-corrected chi connectivity index (χ4v) is 2.29. The van der Waals surface area contributed by atoms with Gasteiger partial charge >= 0.3 is 0 Å². The van der Waals surface area contributed by atoms with Gasteiger partial charge in [-0.25, -0.2) is 0 Å². The third kappa shape index (κ3) is 2.04. The van der Waals surface area contributed by atoms with Gasteiger partial charge in [0.2, 0.25) is 0 Å². The van der Waals surface area contributed by atoms with E-state index >= 15 is 0 Å². The molecule has 1 atom stereocenters. The third-order valence-electron chi connectivity index (χ3n) is 3.38. The van der Waals surface area contributed by atoms with E-state index in [9.17, 15) is 5.11 Å². The first-order valence-electron chi connectivity index (χ1n) is 5.57. The molecule has 0 saturated heterocycles. The zero-order valence-electron chi connectivity index (χ0n) is 9.26. The van der Waals surface area contributed by atoms with E-state index in [2.05, 4.69) is 6.92 Å². The lowest BCUT2D eigenvalue weighted by Gasteiger charge is -2.24. The molecule has 1 aromatic carbocycles. The van der Waals surface area contributed by atoms with Gasteiger partial charge in [-0.3, -0.25) is 0 Å². The van der Waals surface area contributed by atoms with Crippen LogP contribution in [0.15, 0.2) is 18.2 Å². The first-order valence-corrected chi connectivity index (χ1v) is 5.94. The summed E-state index contributed by atoms with van der Waals surface area (Å²) in [5.41, 5.74) is 1.45. The molecule has 1 fully saturated rings. The Balaban J connectivity index is 2.35. The molecule has 2 heteroatoms. The molecule has 2 rings (SSSR count). The quantitative estimate of drug-likeness (QED) is 0.833. The fourth-order valence-electron chi connectivity index (χ4n) is 2.04. The van der Waals surface area contributed by atoms with Gasteiger partial charge in [-0.2, -0.15) is 0 Å². The van der Waals surface area contributed by atoms with Crippen molar-refractivity contribution in [2.75, 3.05) is 0 Å². The molecule has 1 saturated carbocycles. The Labute approximate surface area is 96.1 Å². The Hall–Kier alpha value is -0.530. The predicted octanol–water partition coefficient (Wildman–Crippen LogP) is 3.52. The minimum atomic E-state index is -0.672. The second-order valence-corrected chi connectivity index (χ2v) is 4.99. The molecule has 0 heterocycles. The average molecular weight is 225 g/mol. The highest BCUT2D eigenvalue weighted by Gasteiger charge is 2.41. The molecule has 1 aromatic rings. The van der Waals surface area contributed by atoms with Gasteiger partial charge < -0.3 is 5.11 Å². The van der Waals surface area contributed by atoms with E-state index in [-0.39, 0.29) is 0 Å². The van der Waals surface area contributed by atoms with Crippen molar-refractivity contribution in [2.24, 2.45) is 5.92 Å². The van der Waals surface area contributed by atoms with Crippen LogP contribution in [0, 0.1) is 5.92 Å². The Bertz CT molecular complexity index is 367. The van der Waals surface area contributed by atoms with Gasteiger partial charge in [-0.1, -0.05) is 30.7 Å². The van der Waals surface area contributed by atoms with Crippen LogP contribution in [0.25, 0.3) is 0 Å². The SMILES string of the molecule is CCc1cc(C(C)(O)C2CC2)ccc1Cl. The van der Waals surface area contributed by atoms with Crippen molar-refractivity contribution in [1.29, 1.82) is 0 Å². The largest absolute Gasteiger partial charge is 0.385 e. The molecule has 1 nitrogen and oxygen atoms in total. The van der Waals surface area contributed by atoms with E-state index in [1.54, 1.807) is 0 Å². The van der Waals surface area contributed by atoms with Gasteiger partial charge in [0.1, 0.15) is 0 Å². The Kier molecular flexibility index (Phi) is 2.78. The smallest absolute Gasteiger partial charge is 0.0896 e. The Morgan fingerprint density at radius 2 is 2.13 bits per heavy atom. The first kappa shape index (κ1) is 11.0. The number of aryl methyl sites for hydroxylation is 1. The zero-order chi connectivity index (χ0) is 11.1. The lowest BCUT2D eigenvalue weighted by Crippen LogP contribution is -2.23. The average Bonchev–Trinajstić information content (AvgIpc) is 3.01. The summed E-state index contributed by atoms with van der Waals surface area (Å²) in [5.74, 6) is 0.434. The second kappa shape index (κ2) is 3.80. The van der Waals surface area contributed by atoms with E-state index in [0.29, 0.717) is 5.92 Å². The maximum absolute atomic E-state index is 10.4. The summed E-state index contributed by atoms with van der Waals surface area (Å²) in [5, 5.41) is 11.2. The number of rotatable bonds is 3. The zero-order valence-corrected chi connectivity index (χ0v) is 10.0. The van der Waals surface area contributed by atoms with Crippen LogP contribution < -0.4 is 0 Å². The van der Waals surface area contributed by atoms with Gasteiger partial charge in [-0.15, -0.1) is 0 Å². The van der Waals surface area contributed by atoms with Crippen molar-refractivity contribution >= 4 is 11.6 Å². The Morgan fingerprint density at radius 3 is 2.67 bits per heavy atom. The maximum atomic E-state index is 10.4. The lowest BCUT2D eigenvalue weighted by atomic mass is 9.89. The molecule has 0 aromatic heterocycles. The van der Waals surface area contributed by atoms with E-state index in [1.807, 2.05) is 25.1 Å². The number of benzene rings is 1. The van der Waals surface area contributed by atoms with Crippen molar-refractivity contribution in [3.63, 3.8) is 0 Å². The summed E-state index contributed by atoms with van der Waals surface area (Å²) in [6, 6.07) is 5.88. The second-order valence-electron chi connectivity index (χ2n) is 4.58. The van der Waals surface area contributed by atoms with Gasteiger partial charge in [0.15, 0.2) is 0 Å². The highest BCUT2D eigenvalue weighted by Crippen LogP contribution is 2.45. The lowest BCUT2D eigenvalue weighted by molar-refractivity contribution is 0.0330. The predicted molar refractivity (Wildman–Crippen MR) is 63.1 cm³/mol. The minimum Gasteiger partial charge on any atom is -0.385 e. The van der Waals surface area contributed by atoms with Crippen molar-refractivity contribution in [3.05, 3.63) is 34.3 Å². The van der Waals surface area contributed by atoms with Crippen molar-refractivity contribution in [3.8, 4) is 0 Å². The minimum absolute atomic E-state index is 0.434. The molecule has 0 bridgehead atoms. The molecule has 0 radical (unpaired) electrons. The summed E-state index contributed by atoms with van der Waals surface area (Å²) in [7, 11) is 0. The van der Waals surface area contributed by atoms with Crippen LogP contribution in [-0.2, 0) is 12.0 Å². The van der Waals surface area contributed by atoms with Crippen LogP contribution in [0.2, 0.25) is 5.02 Å². The molecule has 0 amide bonds. The first-order chi connectivity index (χ1) is 7.05. The van der Waals surface area contributed by atoms with Crippen LogP contribution in [0.4, 0.5) is 0 Å². The van der Waals surface area contributed by atoms with Gasteiger partial charge in [-0.05, 0) is 49.3 Å². The molecule has 15 heavy (non-hydrogen) atoms. The van der Waals surface area contributed by atoms with Crippen LogP contribution in [0.1, 0.15) is 37.8 Å². The Morgan fingerprint density at radius 1 is 1.47 bits per heavy atom. The summed E-state index contributed by atoms with van der Waals surface area (Å²) in [4.78, 5) is 0. The summed E-state index contributed by atoms with van der Waals surface area (Å²) >= 11 is 6.06. The third-order valence-corrected chi connectivity index (χ3v) is 3.75. The molecule has 1 N–H and O–H groups in total. The summed E-state index contributed by atoms with van der Waals surface area (Å²) in [6.45, 7) is 3.99. The van der Waals surface area contributed by atoms with E-state index < -0.39 is 5.60 Å². The maximum Gasteiger partial charge on any atom is 0.0896 e. The van der Waals surface area contributed by atoms with Crippen molar-refractivity contribution in [1.82, 2.24) is 0 Å². The van der Waals surface area contributed by atoms with Crippen LogP contribution in [0.3, 0.4) is 0 Å². The molecular formula is C13H17ClO. The van der Waals surface area contributed by atoms with E-state index in [4.69, 9.17) is 11.6 Å². The molecule has 82 valence electrons. The number of halogens is 1. The molecule has 0 aliphatic heterocycles. The van der Waals surface area contributed by atoms with Crippen LogP contribution in [-0.4, -0.2) is 5.11 Å². The van der Waals surface area contributed by atoms with E-state index in [0.717, 1.165) is 35.4 Å².